The molecule has 2 N–H and O–H groups in total. The van der Waals surface area contributed by atoms with E-state index < -0.39 is 12.1 Å². The van der Waals surface area contributed by atoms with E-state index in [2.05, 4.69) is 10.3 Å². The standard InChI is InChI=1S/C25H28N2O4S/c28-23(27-15-25-12-16-9-17(13-25)11-18(10-16)14-25)20-7-4-8-26-21(20)22(24(29)30)31-32-19-5-2-1-3-6-19/h1-8,16-18,22H,9-15H2,(H,27,28)(H,29,30). The van der Waals surface area contributed by atoms with Crippen molar-refractivity contribution in [3.63, 3.8) is 0 Å². The highest BCUT2D eigenvalue weighted by molar-refractivity contribution is 7.94. The van der Waals surface area contributed by atoms with Crippen molar-refractivity contribution in [2.45, 2.75) is 49.5 Å². The van der Waals surface area contributed by atoms with Gasteiger partial charge < -0.3 is 10.4 Å². The van der Waals surface area contributed by atoms with E-state index in [1.807, 2.05) is 30.3 Å². The van der Waals surface area contributed by atoms with Gasteiger partial charge in [0.25, 0.3) is 5.91 Å². The number of nitrogens with one attached hydrogen (secondary N) is 1. The number of carbonyl (C=O) groups is 2. The number of carbonyl (C=O) groups excluding carboxylic acids is 1. The number of rotatable bonds is 8. The Hall–Kier alpha value is -2.38. The summed E-state index contributed by atoms with van der Waals surface area (Å²) in [6.07, 6.45) is 7.83. The van der Waals surface area contributed by atoms with E-state index in [9.17, 15) is 14.7 Å². The molecular formula is C25H28N2O4S. The van der Waals surface area contributed by atoms with Gasteiger partial charge in [-0.2, -0.15) is 0 Å². The zero-order valence-electron chi connectivity index (χ0n) is 17.9. The van der Waals surface area contributed by atoms with Crippen molar-refractivity contribution in [1.29, 1.82) is 0 Å². The van der Waals surface area contributed by atoms with Gasteiger partial charge in [0.05, 0.1) is 11.3 Å². The third kappa shape index (κ3) is 4.41. The van der Waals surface area contributed by atoms with Gasteiger partial charge in [0.2, 0.25) is 6.10 Å². The first-order valence-electron chi connectivity index (χ1n) is 11.4. The van der Waals surface area contributed by atoms with Gasteiger partial charge in [0.15, 0.2) is 0 Å². The quantitative estimate of drug-likeness (QED) is 0.555. The SMILES string of the molecule is O=C(NCC12CC3CC(CC(C3)C1)C2)c1cccnc1C(OSc1ccccc1)C(=O)O. The molecule has 1 unspecified atom stereocenters. The fraction of sp³-hybridized carbons (Fsp3) is 0.480. The molecule has 0 radical (unpaired) electrons. The topological polar surface area (TPSA) is 88.5 Å². The van der Waals surface area contributed by atoms with E-state index in [0.717, 1.165) is 34.7 Å². The Balaban J connectivity index is 1.29. The van der Waals surface area contributed by atoms with Gasteiger partial charge in [0, 0.05) is 29.7 Å². The zero-order valence-corrected chi connectivity index (χ0v) is 18.7. The van der Waals surface area contributed by atoms with Gasteiger partial charge in [-0.05, 0) is 86.0 Å². The Kier molecular flexibility index (Phi) is 5.95. The molecule has 1 atom stereocenters. The summed E-state index contributed by atoms with van der Waals surface area (Å²) in [5, 5.41) is 12.9. The second kappa shape index (κ2) is 8.87. The molecule has 4 aliphatic carbocycles. The van der Waals surface area contributed by atoms with Crippen molar-refractivity contribution >= 4 is 23.9 Å². The lowest BCUT2D eigenvalue weighted by Crippen LogP contribution is -2.51. The van der Waals surface area contributed by atoms with Crippen LogP contribution < -0.4 is 5.32 Å². The maximum atomic E-state index is 13.2. The molecule has 7 heteroatoms. The molecule has 6 nitrogen and oxygen atoms in total. The van der Waals surface area contributed by atoms with E-state index in [1.54, 1.807) is 12.1 Å². The lowest BCUT2D eigenvalue weighted by atomic mass is 9.49. The monoisotopic (exact) mass is 452 g/mol. The van der Waals surface area contributed by atoms with E-state index in [0.29, 0.717) is 6.54 Å². The van der Waals surface area contributed by atoms with Gasteiger partial charge in [-0.25, -0.2) is 4.79 Å². The summed E-state index contributed by atoms with van der Waals surface area (Å²) in [4.78, 5) is 30.1. The van der Waals surface area contributed by atoms with Crippen LogP contribution in [0.5, 0.6) is 0 Å². The van der Waals surface area contributed by atoms with Crippen LogP contribution in [0.25, 0.3) is 0 Å². The Morgan fingerprint density at radius 3 is 2.34 bits per heavy atom. The average molecular weight is 453 g/mol. The van der Waals surface area contributed by atoms with Crippen molar-refractivity contribution in [1.82, 2.24) is 10.3 Å². The number of amides is 1. The molecule has 0 aliphatic heterocycles. The predicted octanol–water partition coefficient (Wildman–Crippen LogP) is 4.88. The van der Waals surface area contributed by atoms with Gasteiger partial charge in [-0.1, -0.05) is 18.2 Å². The van der Waals surface area contributed by atoms with E-state index in [-0.39, 0.29) is 22.6 Å². The third-order valence-corrected chi connectivity index (χ3v) is 8.08. The Morgan fingerprint density at radius 2 is 1.72 bits per heavy atom. The van der Waals surface area contributed by atoms with E-state index >= 15 is 0 Å². The minimum atomic E-state index is -1.35. The first-order valence-corrected chi connectivity index (χ1v) is 12.1. The maximum Gasteiger partial charge on any atom is 0.340 e. The third-order valence-electron chi connectivity index (χ3n) is 7.33. The van der Waals surface area contributed by atoms with E-state index in [1.165, 1.54) is 44.7 Å². The van der Waals surface area contributed by atoms with Crippen molar-refractivity contribution in [2.75, 3.05) is 6.54 Å². The van der Waals surface area contributed by atoms with Crippen LogP contribution in [-0.2, 0) is 8.98 Å². The van der Waals surface area contributed by atoms with Crippen LogP contribution in [0.2, 0.25) is 0 Å². The number of aromatic nitrogens is 1. The average Bonchev–Trinajstić information content (AvgIpc) is 2.78. The molecule has 168 valence electrons. The Bertz CT molecular complexity index is 961. The van der Waals surface area contributed by atoms with Crippen LogP contribution >= 0.6 is 12.0 Å². The van der Waals surface area contributed by atoms with Gasteiger partial charge in [-0.3, -0.25) is 14.0 Å². The van der Waals surface area contributed by atoms with Crippen LogP contribution in [0.4, 0.5) is 0 Å². The predicted molar refractivity (Wildman–Crippen MR) is 121 cm³/mol. The molecule has 6 rings (SSSR count). The summed E-state index contributed by atoms with van der Waals surface area (Å²) >= 11 is 0.972. The number of carboxylic acid groups (broad SMARTS) is 1. The Morgan fingerprint density at radius 1 is 1.06 bits per heavy atom. The highest BCUT2D eigenvalue weighted by Crippen LogP contribution is 2.59. The first-order chi connectivity index (χ1) is 15.5. The van der Waals surface area contributed by atoms with Crippen LogP contribution in [0, 0.1) is 23.2 Å². The van der Waals surface area contributed by atoms with Crippen molar-refractivity contribution < 1.29 is 18.9 Å². The van der Waals surface area contributed by atoms with Gasteiger partial charge in [-0.15, -0.1) is 0 Å². The molecule has 1 heterocycles. The largest absolute Gasteiger partial charge is 0.479 e. The normalized spacial score (nSPS) is 28.9. The minimum Gasteiger partial charge on any atom is -0.479 e. The highest BCUT2D eigenvalue weighted by Gasteiger charge is 2.50. The van der Waals surface area contributed by atoms with Crippen LogP contribution in [0.3, 0.4) is 0 Å². The van der Waals surface area contributed by atoms with Crippen molar-refractivity contribution in [3.05, 3.63) is 59.9 Å². The summed E-state index contributed by atoms with van der Waals surface area (Å²) in [5.74, 6) is 0.983. The molecule has 1 amide bonds. The van der Waals surface area contributed by atoms with Gasteiger partial charge >= 0.3 is 5.97 Å². The summed E-state index contributed by atoms with van der Waals surface area (Å²) < 4.78 is 5.62. The number of aliphatic carboxylic acids is 1. The maximum absolute atomic E-state index is 13.2. The molecule has 0 saturated heterocycles. The molecule has 1 aromatic heterocycles. The smallest absolute Gasteiger partial charge is 0.340 e. The summed E-state index contributed by atoms with van der Waals surface area (Å²) in [5.41, 5.74) is 0.600. The van der Waals surface area contributed by atoms with E-state index in [4.69, 9.17) is 4.18 Å². The van der Waals surface area contributed by atoms with Crippen molar-refractivity contribution in [3.8, 4) is 0 Å². The first kappa shape index (κ1) is 21.5. The number of hydrogen-bond acceptors (Lipinski definition) is 5. The molecule has 32 heavy (non-hydrogen) atoms. The molecular weight excluding hydrogens is 424 g/mol. The second-order valence-electron chi connectivity index (χ2n) is 9.75. The fourth-order valence-corrected chi connectivity index (χ4v) is 7.12. The summed E-state index contributed by atoms with van der Waals surface area (Å²) in [6, 6.07) is 12.5. The highest BCUT2D eigenvalue weighted by atomic mass is 32.2. The molecule has 1 aromatic carbocycles. The molecule has 4 fully saturated rings. The van der Waals surface area contributed by atoms with Crippen LogP contribution in [0.1, 0.15) is 60.7 Å². The minimum absolute atomic E-state index is 0.131. The lowest BCUT2D eigenvalue weighted by molar-refractivity contribution is -0.144. The number of benzene rings is 1. The van der Waals surface area contributed by atoms with Crippen LogP contribution in [-0.4, -0.2) is 28.5 Å². The van der Waals surface area contributed by atoms with Gasteiger partial charge in [0.1, 0.15) is 0 Å². The molecule has 4 aliphatic rings. The lowest BCUT2D eigenvalue weighted by Gasteiger charge is -2.56. The number of nitrogens with zero attached hydrogens (tertiary/aromatic N) is 1. The second-order valence-corrected chi connectivity index (χ2v) is 10.6. The summed E-state index contributed by atoms with van der Waals surface area (Å²) in [7, 11) is 0. The molecule has 4 saturated carbocycles. The van der Waals surface area contributed by atoms with Crippen molar-refractivity contribution in [2.24, 2.45) is 23.2 Å². The molecule has 4 bridgehead atoms. The molecule has 0 spiro atoms. The number of pyridine rings is 1. The fourth-order valence-electron chi connectivity index (χ4n) is 6.47. The Labute approximate surface area is 192 Å². The summed E-state index contributed by atoms with van der Waals surface area (Å²) in [6.45, 7) is 0.654. The molecule has 2 aromatic rings. The number of carboxylic acids is 1. The number of hydrogen-bond donors (Lipinski definition) is 2. The zero-order chi connectivity index (χ0) is 22.1. The van der Waals surface area contributed by atoms with Crippen LogP contribution in [0.15, 0.2) is 53.6 Å².